The molecule has 1 aliphatic heterocycles. The standard InChI is InChI=1S/C17H21N3O/c1-2-9-19-15-6-4-11-20(17(15)21)16-7-3-5-13-12-18-10-8-14(13)16/h3,5,7-8,10,12,15,19H,2,4,6,9,11H2,1H3. The van der Waals surface area contributed by atoms with E-state index in [1.165, 1.54) is 0 Å². The predicted molar refractivity (Wildman–Crippen MR) is 85.4 cm³/mol. The monoisotopic (exact) mass is 283 g/mol. The molecule has 0 spiro atoms. The van der Waals surface area contributed by atoms with Crippen LogP contribution in [-0.4, -0.2) is 30.0 Å². The van der Waals surface area contributed by atoms with E-state index in [1.807, 2.05) is 35.4 Å². The molecule has 0 bridgehead atoms. The van der Waals surface area contributed by atoms with Gasteiger partial charge in [-0.1, -0.05) is 19.1 Å². The molecule has 2 heterocycles. The summed E-state index contributed by atoms with van der Waals surface area (Å²) < 4.78 is 0. The third kappa shape index (κ3) is 2.76. The molecular weight excluding hydrogens is 262 g/mol. The van der Waals surface area contributed by atoms with E-state index in [1.54, 1.807) is 6.20 Å². The third-order valence-corrected chi connectivity index (χ3v) is 4.03. The van der Waals surface area contributed by atoms with Crippen LogP contribution in [0, 0.1) is 0 Å². The number of benzene rings is 1. The Morgan fingerprint density at radius 2 is 2.29 bits per heavy atom. The topological polar surface area (TPSA) is 45.2 Å². The van der Waals surface area contributed by atoms with Crippen molar-refractivity contribution < 1.29 is 4.79 Å². The smallest absolute Gasteiger partial charge is 0.244 e. The van der Waals surface area contributed by atoms with Gasteiger partial charge in [0.15, 0.2) is 0 Å². The summed E-state index contributed by atoms with van der Waals surface area (Å²) in [6.45, 7) is 3.81. The number of nitrogens with zero attached hydrogens (tertiary/aromatic N) is 2. The number of pyridine rings is 1. The van der Waals surface area contributed by atoms with E-state index in [2.05, 4.69) is 17.2 Å². The minimum Gasteiger partial charge on any atom is -0.310 e. The van der Waals surface area contributed by atoms with Crippen molar-refractivity contribution in [2.75, 3.05) is 18.0 Å². The van der Waals surface area contributed by atoms with Crippen molar-refractivity contribution in [3.63, 3.8) is 0 Å². The number of amides is 1. The van der Waals surface area contributed by atoms with Gasteiger partial charge < -0.3 is 10.2 Å². The number of carbonyl (C=O) groups excluding carboxylic acids is 1. The first-order chi connectivity index (χ1) is 10.3. The fourth-order valence-corrected chi connectivity index (χ4v) is 2.96. The highest BCUT2D eigenvalue weighted by Gasteiger charge is 2.29. The van der Waals surface area contributed by atoms with E-state index < -0.39 is 0 Å². The molecule has 2 aromatic rings. The lowest BCUT2D eigenvalue weighted by molar-refractivity contribution is -0.121. The first kappa shape index (κ1) is 14.0. The molecule has 4 nitrogen and oxygen atoms in total. The molecule has 21 heavy (non-hydrogen) atoms. The number of hydrogen-bond donors (Lipinski definition) is 1. The first-order valence-corrected chi connectivity index (χ1v) is 7.68. The minimum atomic E-state index is -0.0456. The van der Waals surface area contributed by atoms with Crippen LogP contribution in [0.3, 0.4) is 0 Å². The van der Waals surface area contributed by atoms with Crippen LogP contribution in [-0.2, 0) is 4.79 Å². The summed E-state index contributed by atoms with van der Waals surface area (Å²) in [5, 5.41) is 5.54. The zero-order valence-electron chi connectivity index (χ0n) is 12.4. The average molecular weight is 283 g/mol. The molecule has 1 aromatic carbocycles. The second-order valence-corrected chi connectivity index (χ2v) is 5.51. The average Bonchev–Trinajstić information content (AvgIpc) is 2.53. The van der Waals surface area contributed by atoms with Crippen molar-refractivity contribution in [3.05, 3.63) is 36.7 Å². The van der Waals surface area contributed by atoms with E-state index >= 15 is 0 Å². The minimum absolute atomic E-state index is 0.0456. The Labute approximate surface area is 125 Å². The van der Waals surface area contributed by atoms with Gasteiger partial charge in [-0.2, -0.15) is 0 Å². The van der Waals surface area contributed by atoms with Gasteiger partial charge in [-0.25, -0.2) is 0 Å². The van der Waals surface area contributed by atoms with Gasteiger partial charge in [-0.3, -0.25) is 9.78 Å². The Bertz CT molecular complexity index is 635. The van der Waals surface area contributed by atoms with Crippen molar-refractivity contribution in [2.24, 2.45) is 0 Å². The van der Waals surface area contributed by atoms with Crippen LogP contribution in [0.4, 0.5) is 5.69 Å². The normalized spacial score (nSPS) is 19.2. The highest BCUT2D eigenvalue weighted by Crippen LogP contribution is 2.29. The molecule has 1 N–H and O–H groups in total. The van der Waals surface area contributed by atoms with Crippen molar-refractivity contribution in [1.29, 1.82) is 0 Å². The molecule has 1 amide bonds. The second kappa shape index (κ2) is 6.22. The Hall–Kier alpha value is -1.94. The molecule has 0 radical (unpaired) electrons. The number of fused-ring (bicyclic) bond motifs is 1. The van der Waals surface area contributed by atoms with Crippen molar-refractivity contribution >= 4 is 22.4 Å². The molecule has 110 valence electrons. The fourth-order valence-electron chi connectivity index (χ4n) is 2.96. The lowest BCUT2D eigenvalue weighted by atomic mass is 10.0. The molecule has 0 aliphatic carbocycles. The van der Waals surface area contributed by atoms with Crippen LogP contribution in [0.2, 0.25) is 0 Å². The summed E-state index contributed by atoms with van der Waals surface area (Å²) in [5.41, 5.74) is 1.00. The Morgan fingerprint density at radius 1 is 1.38 bits per heavy atom. The lowest BCUT2D eigenvalue weighted by Crippen LogP contribution is -2.51. The maximum atomic E-state index is 12.7. The molecule has 0 saturated carbocycles. The number of hydrogen-bond acceptors (Lipinski definition) is 3. The van der Waals surface area contributed by atoms with Crippen LogP contribution >= 0.6 is 0 Å². The quantitative estimate of drug-likeness (QED) is 0.938. The highest BCUT2D eigenvalue weighted by atomic mass is 16.2. The van der Waals surface area contributed by atoms with Gasteiger partial charge >= 0.3 is 0 Å². The summed E-state index contributed by atoms with van der Waals surface area (Å²) in [7, 11) is 0. The molecule has 1 fully saturated rings. The zero-order chi connectivity index (χ0) is 14.7. The van der Waals surface area contributed by atoms with E-state index in [0.29, 0.717) is 0 Å². The van der Waals surface area contributed by atoms with E-state index in [0.717, 1.165) is 48.8 Å². The van der Waals surface area contributed by atoms with Crippen LogP contribution in [0.1, 0.15) is 26.2 Å². The number of anilines is 1. The maximum Gasteiger partial charge on any atom is 0.244 e. The molecular formula is C17H21N3O. The Kier molecular flexibility index (Phi) is 4.15. The lowest BCUT2D eigenvalue weighted by Gasteiger charge is -2.33. The first-order valence-electron chi connectivity index (χ1n) is 7.68. The van der Waals surface area contributed by atoms with Crippen molar-refractivity contribution in [1.82, 2.24) is 10.3 Å². The van der Waals surface area contributed by atoms with E-state index in [4.69, 9.17) is 0 Å². The summed E-state index contributed by atoms with van der Waals surface area (Å²) >= 11 is 0. The molecule has 1 unspecified atom stereocenters. The maximum absolute atomic E-state index is 12.7. The van der Waals surface area contributed by atoms with Gasteiger partial charge in [0.25, 0.3) is 0 Å². The largest absolute Gasteiger partial charge is 0.310 e. The summed E-state index contributed by atoms with van der Waals surface area (Å²) in [6.07, 6.45) is 6.65. The van der Waals surface area contributed by atoms with Gasteiger partial charge in [0, 0.05) is 29.7 Å². The highest BCUT2D eigenvalue weighted by molar-refractivity contribution is 6.05. The summed E-state index contributed by atoms with van der Waals surface area (Å²) in [5.74, 6) is 0.194. The van der Waals surface area contributed by atoms with Crippen LogP contribution in [0.5, 0.6) is 0 Å². The molecule has 1 aliphatic rings. The number of carbonyl (C=O) groups is 1. The van der Waals surface area contributed by atoms with E-state index in [-0.39, 0.29) is 11.9 Å². The van der Waals surface area contributed by atoms with E-state index in [9.17, 15) is 4.79 Å². The van der Waals surface area contributed by atoms with Crippen molar-refractivity contribution in [2.45, 2.75) is 32.2 Å². The molecule has 4 heteroatoms. The SMILES string of the molecule is CCCNC1CCCN(c2cccc3cnccc23)C1=O. The number of nitrogens with one attached hydrogen (secondary N) is 1. The van der Waals surface area contributed by atoms with Crippen LogP contribution in [0.25, 0.3) is 10.8 Å². The summed E-state index contributed by atoms with van der Waals surface area (Å²) in [6, 6.07) is 8.00. The van der Waals surface area contributed by atoms with Gasteiger partial charge in [-0.15, -0.1) is 0 Å². The predicted octanol–water partition coefficient (Wildman–Crippen LogP) is 2.73. The van der Waals surface area contributed by atoms with Gasteiger partial charge in [0.2, 0.25) is 5.91 Å². The zero-order valence-corrected chi connectivity index (χ0v) is 12.4. The number of piperidine rings is 1. The molecule has 3 rings (SSSR count). The number of rotatable bonds is 4. The molecule has 1 aromatic heterocycles. The third-order valence-electron chi connectivity index (χ3n) is 4.03. The number of aromatic nitrogens is 1. The Balaban J connectivity index is 1.92. The Morgan fingerprint density at radius 3 is 3.14 bits per heavy atom. The molecule has 1 atom stereocenters. The van der Waals surface area contributed by atoms with Gasteiger partial charge in [0.05, 0.1) is 11.7 Å². The fraction of sp³-hybridized carbons (Fsp3) is 0.412. The van der Waals surface area contributed by atoms with Gasteiger partial charge in [-0.05, 0) is 37.9 Å². The van der Waals surface area contributed by atoms with Crippen molar-refractivity contribution in [3.8, 4) is 0 Å². The summed E-state index contributed by atoms with van der Waals surface area (Å²) in [4.78, 5) is 18.8. The second-order valence-electron chi connectivity index (χ2n) is 5.51. The molecule has 1 saturated heterocycles. The van der Waals surface area contributed by atoms with Gasteiger partial charge in [0.1, 0.15) is 0 Å². The van der Waals surface area contributed by atoms with Crippen LogP contribution < -0.4 is 10.2 Å². The van der Waals surface area contributed by atoms with Crippen LogP contribution in [0.15, 0.2) is 36.7 Å².